The molecule has 1 aromatic heterocycles. The van der Waals surface area contributed by atoms with Crippen LogP contribution in [0.1, 0.15) is 5.89 Å². The third-order valence-corrected chi connectivity index (χ3v) is 4.03. The van der Waals surface area contributed by atoms with Gasteiger partial charge in [0.25, 0.3) is 5.24 Å². The zero-order valence-corrected chi connectivity index (χ0v) is 12.5. The number of aromatic nitrogens is 1. The molecule has 22 heavy (non-hydrogen) atoms. The quantitative estimate of drug-likeness (QED) is 0.789. The van der Waals surface area contributed by atoms with Gasteiger partial charge in [0.15, 0.2) is 12.4 Å². The van der Waals surface area contributed by atoms with E-state index >= 15 is 0 Å². The third kappa shape index (κ3) is 3.48. The summed E-state index contributed by atoms with van der Waals surface area (Å²) in [6.45, 7) is 0.509. The minimum Gasteiger partial charge on any atom is -0.454 e. The van der Waals surface area contributed by atoms with Crippen LogP contribution in [0.25, 0.3) is 11.3 Å². The lowest BCUT2D eigenvalue weighted by molar-refractivity contribution is -0.146. The number of carbonyl (C=O) groups excluding carboxylic acids is 2. The summed E-state index contributed by atoms with van der Waals surface area (Å²) >= 11 is 1.21. The number of hydrogen-bond donors (Lipinski definition) is 0. The lowest BCUT2D eigenvalue weighted by Gasteiger charge is -2.12. The molecule has 2 aromatic rings. The second-order valence-corrected chi connectivity index (χ2v) is 5.73. The van der Waals surface area contributed by atoms with Crippen molar-refractivity contribution in [3.05, 3.63) is 42.4 Å². The van der Waals surface area contributed by atoms with Crippen LogP contribution in [0, 0.1) is 0 Å². The van der Waals surface area contributed by atoms with Crippen LogP contribution >= 0.6 is 11.8 Å². The van der Waals surface area contributed by atoms with Crippen molar-refractivity contribution in [2.45, 2.75) is 6.61 Å². The number of thioether (sulfide) groups is 1. The average Bonchev–Trinajstić information content (AvgIpc) is 3.16. The van der Waals surface area contributed by atoms with E-state index < -0.39 is 5.97 Å². The normalized spacial score (nSPS) is 14.4. The second-order valence-electron chi connectivity index (χ2n) is 4.68. The number of benzene rings is 1. The summed E-state index contributed by atoms with van der Waals surface area (Å²) in [5, 5.41) is -0.0839. The van der Waals surface area contributed by atoms with Crippen molar-refractivity contribution >= 4 is 23.0 Å². The predicted molar refractivity (Wildman–Crippen MR) is 81.2 cm³/mol. The molecule has 1 fully saturated rings. The maximum Gasteiger partial charge on any atom is 0.326 e. The van der Waals surface area contributed by atoms with Gasteiger partial charge in [0.05, 0.1) is 6.20 Å². The number of carbonyl (C=O) groups is 2. The second kappa shape index (κ2) is 6.65. The Kier molecular flexibility index (Phi) is 4.43. The predicted octanol–water partition coefficient (Wildman–Crippen LogP) is 2.55. The summed E-state index contributed by atoms with van der Waals surface area (Å²) in [4.78, 5) is 28.6. The lowest BCUT2D eigenvalue weighted by atomic mass is 10.2. The third-order valence-electron chi connectivity index (χ3n) is 3.13. The first kappa shape index (κ1) is 14.6. The highest BCUT2D eigenvalue weighted by Gasteiger charge is 2.24. The van der Waals surface area contributed by atoms with Gasteiger partial charge in [-0.05, 0) is 0 Å². The van der Waals surface area contributed by atoms with E-state index in [0.717, 1.165) is 5.56 Å². The number of hydrogen-bond acceptors (Lipinski definition) is 6. The summed E-state index contributed by atoms with van der Waals surface area (Å²) in [5.74, 6) is 1.20. The van der Waals surface area contributed by atoms with Gasteiger partial charge >= 0.3 is 5.97 Å². The molecule has 7 heteroatoms. The van der Waals surface area contributed by atoms with E-state index in [9.17, 15) is 9.59 Å². The topological polar surface area (TPSA) is 72.6 Å². The van der Waals surface area contributed by atoms with E-state index in [-0.39, 0.29) is 18.4 Å². The Morgan fingerprint density at radius 1 is 1.36 bits per heavy atom. The Hall–Kier alpha value is -2.28. The van der Waals surface area contributed by atoms with Gasteiger partial charge in [0.1, 0.15) is 6.54 Å². The summed E-state index contributed by atoms with van der Waals surface area (Å²) in [6, 6.07) is 9.55. The molecule has 6 nitrogen and oxygen atoms in total. The molecule has 0 atom stereocenters. The van der Waals surface area contributed by atoms with Gasteiger partial charge in [-0.1, -0.05) is 42.1 Å². The molecule has 3 rings (SSSR count). The monoisotopic (exact) mass is 318 g/mol. The summed E-state index contributed by atoms with van der Waals surface area (Å²) in [6.07, 6.45) is 1.60. The maximum absolute atomic E-state index is 11.7. The minimum atomic E-state index is -0.463. The smallest absolute Gasteiger partial charge is 0.326 e. The van der Waals surface area contributed by atoms with Crippen molar-refractivity contribution < 1.29 is 18.7 Å². The van der Waals surface area contributed by atoms with Gasteiger partial charge in [-0.25, -0.2) is 4.98 Å². The van der Waals surface area contributed by atoms with Crippen LogP contribution in [-0.4, -0.2) is 39.9 Å². The van der Waals surface area contributed by atoms with Gasteiger partial charge in [0.2, 0.25) is 5.89 Å². The largest absolute Gasteiger partial charge is 0.454 e. The molecule has 1 saturated heterocycles. The first-order chi connectivity index (χ1) is 10.7. The van der Waals surface area contributed by atoms with Gasteiger partial charge in [-0.3, -0.25) is 9.59 Å². The van der Waals surface area contributed by atoms with Gasteiger partial charge in [0, 0.05) is 17.9 Å². The molecule has 0 radical (unpaired) electrons. The van der Waals surface area contributed by atoms with Crippen molar-refractivity contribution in [3.8, 4) is 11.3 Å². The van der Waals surface area contributed by atoms with Crippen LogP contribution in [-0.2, 0) is 16.1 Å². The lowest BCUT2D eigenvalue weighted by Crippen LogP contribution is -2.30. The summed E-state index contributed by atoms with van der Waals surface area (Å²) in [7, 11) is 0. The molecule has 0 aliphatic carbocycles. The number of nitrogens with zero attached hydrogens (tertiary/aromatic N) is 2. The molecule has 0 unspecified atom stereocenters. The SMILES string of the molecule is O=C(CN1CCSC1=O)OCc1ncc(-c2ccccc2)o1. The molecule has 1 aliphatic heterocycles. The Bertz CT molecular complexity index is 671. The van der Waals surface area contributed by atoms with Crippen LogP contribution in [0.3, 0.4) is 0 Å². The van der Waals surface area contributed by atoms with E-state index in [1.807, 2.05) is 30.3 Å². The standard InChI is InChI=1S/C15H14N2O4S/c18-14(9-17-6-7-22-15(17)19)20-10-13-16-8-12(21-13)11-4-2-1-3-5-11/h1-5,8H,6-7,9-10H2. The molecular weight excluding hydrogens is 304 g/mol. The molecule has 2 heterocycles. The fourth-order valence-electron chi connectivity index (χ4n) is 2.03. The van der Waals surface area contributed by atoms with Gasteiger partial charge in [-0.2, -0.15) is 0 Å². The van der Waals surface area contributed by atoms with Gasteiger partial charge < -0.3 is 14.1 Å². The highest BCUT2D eigenvalue weighted by molar-refractivity contribution is 8.13. The van der Waals surface area contributed by atoms with Crippen LogP contribution in [0.4, 0.5) is 4.79 Å². The summed E-state index contributed by atoms with van der Waals surface area (Å²) in [5.41, 5.74) is 0.910. The van der Waals surface area contributed by atoms with Crippen molar-refractivity contribution in [2.75, 3.05) is 18.8 Å². The van der Waals surface area contributed by atoms with E-state index in [1.54, 1.807) is 6.20 Å². The van der Waals surface area contributed by atoms with Gasteiger partial charge in [-0.15, -0.1) is 0 Å². The Labute approximate surface area is 131 Å². The molecule has 1 amide bonds. The number of amides is 1. The summed E-state index contributed by atoms with van der Waals surface area (Å²) < 4.78 is 10.6. The Balaban J connectivity index is 1.52. The molecule has 0 spiro atoms. The highest BCUT2D eigenvalue weighted by atomic mass is 32.2. The van der Waals surface area contributed by atoms with Crippen molar-refractivity contribution in [1.29, 1.82) is 0 Å². The van der Waals surface area contributed by atoms with Crippen molar-refractivity contribution in [3.63, 3.8) is 0 Å². The average molecular weight is 318 g/mol. The van der Waals surface area contributed by atoms with E-state index in [0.29, 0.717) is 23.9 Å². The zero-order chi connectivity index (χ0) is 15.4. The molecule has 0 saturated carbocycles. The Morgan fingerprint density at radius 3 is 2.91 bits per heavy atom. The van der Waals surface area contributed by atoms with Crippen molar-refractivity contribution in [2.24, 2.45) is 0 Å². The molecule has 1 aromatic carbocycles. The fourth-order valence-corrected chi connectivity index (χ4v) is 2.85. The van der Waals surface area contributed by atoms with Crippen LogP contribution < -0.4 is 0 Å². The van der Waals surface area contributed by atoms with Crippen molar-refractivity contribution in [1.82, 2.24) is 9.88 Å². The molecule has 0 bridgehead atoms. The molecule has 1 aliphatic rings. The van der Waals surface area contributed by atoms with Crippen LogP contribution in [0.2, 0.25) is 0 Å². The fraction of sp³-hybridized carbons (Fsp3) is 0.267. The van der Waals surface area contributed by atoms with E-state index in [1.165, 1.54) is 16.7 Å². The number of rotatable bonds is 5. The molecule has 0 N–H and O–H groups in total. The van der Waals surface area contributed by atoms with Crippen LogP contribution in [0.15, 0.2) is 40.9 Å². The number of oxazole rings is 1. The maximum atomic E-state index is 11.7. The molecule has 114 valence electrons. The number of ether oxygens (including phenoxy) is 1. The first-order valence-electron chi connectivity index (χ1n) is 6.80. The van der Waals surface area contributed by atoms with E-state index in [2.05, 4.69) is 4.98 Å². The minimum absolute atomic E-state index is 0.0297. The van der Waals surface area contributed by atoms with E-state index in [4.69, 9.17) is 9.15 Å². The number of esters is 1. The first-order valence-corrected chi connectivity index (χ1v) is 7.78. The zero-order valence-electron chi connectivity index (χ0n) is 11.7. The van der Waals surface area contributed by atoms with Crippen LogP contribution in [0.5, 0.6) is 0 Å². The highest BCUT2D eigenvalue weighted by Crippen LogP contribution is 2.20. The Morgan fingerprint density at radius 2 is 2.18 bits per heavy atom. The molecular formula is C15H14N2O4S.